The lowest BCUT2D eigenvalue weighted by molar-refractivity contribution is 0.0685. The summed E-state index contributed by atoms with van der Waals surface area (Å²) < 4.78 is 1.78. The number of fused-ring (bicyclic) bond motifs is 2. The van der Waals surface area contributed by atoms with Crippen LogP contribution in [0.4, 0.5) is 11.4 Å². The molecule has 6 heteroatoms. The van der Waals surface area contributed by atoms with Crippen LogP contribution in [-0.4, -0.2) is 22.2 Å². The molecule has 0 amide bonds. The minimum Gasteiger partial charge on any atom is -0.477 e. The van der Waals surface area contributed by atoms with Gasteiger partial charge in [-0.2, -0.15) is 0 Å². The first-order chi connectivity index (χ1) is 12.6. The monoisotopic (exact) mass is 384 g/mol. The van der Waals surface area contributed by atoms with E-state index in [1.165, 1.54) is 15.5 Å². The van der Waals surface area contributed by atoms with E-state index in [4.69, 9.17) is 11.6 Å². The van der Waals surface area contributed by atoms with E-state index in [1.54, 1.807) is 28.5 Å². The van der Waals surface area contributed by atoms with Gasteiger partial charge in [-0.25, -0.2) is 4.79 Å². The van der Waals surface area contributed by atoms with Crippen LogP contribution >= 0.6 is 23.4 Å². The van der Waals surface area contributed by atoms with E-state index in [0.717, 1.165) is 18.7 Å². The highest BCUT2D eigenvalue weighted by Crippen LogP contribution is 2.48. The van der Waals surface area contributed by atoms with Crippen molar-refractivity contribution in [3.05, 3.63) is 71.5 Å². The van der Waals surface area contributed by atoms with Crippen LogP contribution in [0.5, 0.6) is 0 Å². The Morgan fingerprint density at radius 2 is 1.81 bits per heavy atom. The second-order valence-corrected chi connectivity index (χ2v) is 7.60. The lowest BCUT2D eigenvalue weighted by atomic mass is 10.2. The number of aromatic nitrogens is 1. The molecular weight excluding hydrogens is 368 g/mol. The van der Waals surface area contributed by atoms with E-state index < -0.39 is 5.97 Å². The average molecular weight is 385 g/mol. The van der Waals surface area contributed by atoms with Crippen LogP contribution in [0.15, 0.2) is 70.6 Å². The van der Waals surface area contributed by atoms with Crippen LogP contribution < -0.4 is 4.90 Å². The first-order valence-corrected chi connectivity index (χ1v) is 9.55. The van der Waals surface area contributed by atoms with Gasteiger partial charge in [-0.15, -0.1) is 0 Å². The van der Waals surface area contributed by atoms with E-state index in [-0.39, 0.29) is 0 Å². The number of benzene rings is 2. The van der Waals surface area contributed by atoms with Crippen LogP contribution in [0.2, 0.25) is 5.02 Å². The van der Waals surface area contributed by atoms with Gasteiger partial charge in [0.25, 0.3) is 0 Å². The minimum absolute atomic E-state index is 0.322. The van der Waals surface area contributed by atoms with Crippen molar-refractivity contribution < 1.29 is 9.90 Å². The predicted molar refractivity (Wildman–Crippen MR) is 105 cm³/mol. The summed E-state index contributed by atoms with van der Waals surface area (Å²) in [5.74, 6) is -0.896. The minimum atomic E-state index is -0.896. The van der Waals surface area contributed by atoms with Crippen molar-refractivity contribution in [1.82, 2.24) is 4.57 Å². The third-order valence-corrected chi connectivity index (χ3v) is 5.78. The first kappa shape index (κ1) is 17.1. The number of carboxylic acids is 1. The van der Waals surface area contributed by atoms with Gasteiger partial charge in [-0.1, -0.05) is 35.5 Å². The molecule has 132 valence electrons. The molecule has 2 aromatic carbocycles. The fourth-order valence-corrected chi connectivity index (χ4v) is 4.49. The number of aromatic carboxylic acids is 1. The molecule has 26 heavy (non-hydrogen) atoms. The quantitative estimate of drug-likeness (QED) is 0.628. The third kappa shape index (κ3) is 3.20. The molecule has 3 aromatic rings. The number of nitrogens with zero attached hydrogens (tertiary/aromatic N) is 2. The summed E-state index contributed by atoms with van der Waals surface area (Å²) >= 11 is 7.98. The molecule has 4 rings (SSSR count). The number of aryl methyl sites for hydroxylation is 1. The highest BCUT2D eigenvalue weighted by Gasteiger charge is 2.23. The standard InChI is InChI=1S/C20H17ClN2O2S/c21-14-8-9-19-17(13-14)23(15-5-1-2-7-18(15)26-19)12-4-11-22-10-3-6-16(22)20(24)25/h1-3,5-10,13H,4,11-12H2,(H,24,25). The summed E-state index contributed by atoms with van der Waals surface area (Å²) in [7, 11) is 0. The number of anilines is 2. The maximum atomic E-state index is 11.3. The molecule has 1 aromatic heterocycles. The molecule has 0 radical (unpaired) electrons. The van der Waals surface area contributed by atoms with Gasteiger partial charge in [0.15, 0.2) is 0 Å². The summed E-state index contributed by atoms with van der Waals surface area (Å²) in [6, 6.07) is 17.7. The predicted octanol–water partition coefficient (Wildman–Crippen LogP) is 5.53. The van der Waals surface area contributed by atoms with Crippen molar-refractivity contribution in [3.63, 3.8) is 0 Å². The number of halogens is 1. The van der Waals surface area contributed by atoms with Crippen LogP contribution in [0.3, 0.4) is 0 Å². The Morgan fingerprint density at radius 1 is 1.00 bits per heavy atom. The average Bonchev–Trinajstić information content (AvgIpc) is 3.10. The van der Waals surface area contributed by atoms with E-state index in [1.807, 2.05) is 30.5 Å². The number of rotatable bonds is 5. The topological polar surface area (TPSA) is 45.5 Å². The summed E-state index contributed by atoms with van der Waals surface area (Å²) in [6.45, 7) is 1.43. The largest absolute Gasteiger partial charge is 0.477 e. The highest BCUT2D eigenvalue weighted by atomic mass is 35.5. The molecule has 0 aliphatic carbocycles. The van der Waals surface area contributed by atoms with Crippen molar-refractivity contribution in [2.45, 2.75) is 22.8 Å². The van der Waals surface area contributed by atoms with Gasteiger partial charge >= 0.3 is 5.97 Å². The molecular formula is C20H17ClN2O2S. The number of para-hydroxylation sites is 1. The van der Waals surface area contributed by atoms with Crippen molar-refractivity contribution in [3.8, 4) is 0 Å². The SMILES string of the molecule is O=C(O)c1cccn1CCCN1c2ccccc2Sc2ccc(Cl)cc21. The fourth-order valence-electron chi connectivity index (χ4n) is 3.25. The van der Waals surface area contributed by atoms with Crippen molar-refractivity contribution in [1.29, 1.82) is 0 Å². The molecule has 0 saturated heterocycles. The van der Waals surface area contributed by atoms with Gasteiger partial charge in [0.2, 0.25) is 0 Å². The summed E-state index contributed by atoms with van der Waals surface area (Å²) in [4.78, 5) is 15.9. The Labute approximate surface area is 161 Å². The molecule has 1 aliphatic heterocycles. The molecule has 4 nitrogen and oxygen atoms in total. The van der Waals surface area contributed by atoms with Gasteiger partial charge in [0.05, 0.1) is 11.4 Å². The zero-order chi connectivity index (χ0) is 18.1. The summed E-state index contributed by atoms with van der Waals surface area (Å²) in [5, 5.41) is 9.96. The third-order valence-electron chi connectivity index (χ3n) is 4.42. The Hall–Kier alpha value is -2.37. The highest BCUT2D eigenvalue weighted by molar-refractivity contribution is 7.99. The van der Waals surface area contributed by atoms with Crippen LogP contribution in [0, 0.1) is 0 Å². The van der Waals surface area contributed by atoms with Gasteiger partial charge < -0.3 is 14.6 Å². The lowest BCUT2D eigenvalue weighted by Gasteiger charge is -2.33. The second-order valence-electron chi connectivity index (χ2n) is 6.08. The molecule has 0 fully saturated rings. The van der Waals surface area contributed by atoms with E-state index in [0.29, 0.717) is 17.3 Å². The zero-order valence-electron chi connectivity index (χ0n) is 13.9. The Morgan fingerprint density at radius 3 is 2.65 bits per heavy atom. The Kier molecular flexibility index (Phi) is 4.66. The zero-order valence-corrected chi connectivity index (χ0v) is 15.5. The molecule has 0 atom stereocenters. The molecule has 1 N–H and O–H groups in total. The lowest BCUT2D eigenvalue weighted by Crippen LogP contribution is -2.23. The molecule has 0 spiro atoms. The van der Waals surface area contributed by atoms with Gasteiger partial charge in [-0.05, 0) is 48.9 Å². The summed E-state index contributed by atoms with van der Waals surface area (Å²) in [5.41, 5.74) is 2.59. The summed E-state index contributed by atoms with van der Waals surface area (Å²) in [6.07, 6.45) is 2.63. The molecule has 0 unspecified atom stereocenters. The number of hydrogen-bond donors (Lipinski definition) is 1. The van der Waals surface area contributed by atoms with E-state index >= 15 is 0 Å². The fraction of sp³-hybridized carbons (Fsp3) is 0.150. The number of carboxylic acid groups (broad SMARTS) is 1. The van der Waals surface area contributed by atoms with Gasteiger partial charge in [0, 0.05) is 34.1 Å². The Bertz CT molecular complexity index is 970. The van der Waals surface area contributed by atoms with Gasteiger partial charge in [0.1, 0.15) is 5.69 Å². The van der Waals surface area contributed by atoms with Gasteiger partial charge in [-0.3, -0.25) is 0 Å². The van der Waals surface area contributed by atoms with E-state index in [9.17, 15) is 9.90 Å². The first-order valence-electron chi connectivity index (χ1n) is 8.36. The number of hydrogen-bond acceptors (Lipinski definition) is 3. The molecule has 0 bridgehead atoms. The maximum Gasteiger partial charge on any atom is 0.352 e. The smallest absolute Gasteiger partial charge is 0.352 e. The van der Waals surface area contributed by atoms with Crippen molar-refractivity contribution in [2.75, 3.05) is 11.4 Å². The molecule has 0 saturated carbocycles. The Balaban J connectivity index is 1.59. The second kappa shape index (κ2) is 7.09. The molecule has 1 aliphatic rings. The van der Waals surface area contributed by atoms with E-state index in [2.05, 4.69) is 23.1 Å². The molecule has 2 heterocycles. The normalized spacial score (nSPS) is 12.6. The van der Waals surface area contributed by atoms with Crippen molar-refractivity contribution in [2.24, 2.45) is 0 Å². The maximum absolute atomic E-state index is 11.3. The van der Waals surface area contributed by atoms with Crippen LogP contribution in [0.1, 0.15) is 16.9 Å². The van der Waals surface area contributed by atoms with Crippen molar-refractivity contribution >= 4 is 40.7 Å². The van der Waals surface area contributed by atoms with Crippen LogP contribution in [-0.2, 0) is 6.54 Å². The number of carbonyl (C=O) groups is 1. The van der Waals surface area contributed by atoms with Crippen LogP contribution in [0.25, 0.3) is 0 Å².